The zero-order valence-corrected chi connectivity index (χ0v) is 19.4. The molecule has 2 aliphatic rings. The first-order valence-electron chi connectivity index (χ1n) is 11.5. The number of sulfonamides is 1. The van der Waals surface area contributed by atoms with Crippen molar-refractivity contribution in [3.63, 3.8) is 0 Å². The molecule has 2 aromatic carbocycles. The van der Waals surface area contributed by atoms with Gasteiger partial charge in [0.1, 0.15) is 4.90 Å². The molecule has 2 aromatic rings. The summed E-state index contributed by atoms with van der Waals surface area (Å²) in [7, 11) is -3.75. The summed E-state index contributed by atoms with van der Waals surface area (Å²) in [5.41, 5.74) is 6.75. The lowest BCUT2D eigenvalue weighted by molar-refractivity contribution is 0.100. The summed E-state index contributed by atoms with van der Waals surface area (Å²) in [4.78, 5) is 27.0. The van der Waals surface area contributed by atoms with E-state index in [0.717, 1.165) is 51.6 Å². The maximum Gasteiger partial charge on any atom is 0.255 e. The topological polar surface area (TPSA) is 113 Å². The van der Waals surface area contributed by atoms with Crippen LogP contribution >= 0.6 is 0 Å². The van der Waals surface area contributed by atoms with Crippen LogP contribution in [0.5, 0.6) is 0 Å². The first-order valence-corrected chi connectivity index (χ1v) is 12.9. The van der Waals surface area contributed by atoms with Gasteiger partial charge in [0.25, 0.3) is 11.8 Å². The molecule has 3 N–H and O–H groups in total. The van der Waals surface area contributed by atoms with Crippen LogP contribution in [0.25, 0.3) is 0 Å². The molecule has 4 rings (SSSR count). The number of rotatable bonds is 6. The number of benzene rings is 2. The molecule has 0 aliphatic carbocycles. The average molecular weight is 471 g/mol. The van der Waals surface area contributed by atoms with Gasteiger partial charge in [-0.25, -0.2) is 8.42 Å². The van der Waals surface area contributed by atoms with Crippen molar-refractivity contribution >= 4 is 33.2 Å². The van der Waals surface area contributed by atoms with Crippen LogP contribution in [0.3, 0.4) is 0 Å². The maximum absolute atomic E-state index is 13.6. The number of nitrogens with zero attached hydrogens (tertiary/aromatic N) is 2. The van der Waals surface area contributed by atoms with Gasteiger partial charge in [-0.05, 0) is 62.4 Å². The van der Waals surface area contributed by atoms with Gasteiger partial charge >= 0.3 is 0 Å². The van der Waals surface area contributed by atoms with Gasteiger partial charge in [0.15, 0.2) is 0 Å². The van der Waals surface area contributed by atoms with E-state index in [-0.39, 0.29) is 21.7 Å². The number of carbonyl (C=O) groups is 2. The van der Waals surface area contributed by atoms with Crippen LogP contribution in [0.2, 0.25) is 0 Å². The third kappa shape index (κ3) is 5.04. The second-order valence-electron chi connectivity index (χ2n) is 8.56. The van der Waals surface area contributed by atoms with Gasteiger partial charge < -0.3 is 16.0 Å². The smallest absolute Gasteiger partial charge is 0.255 e. The number of amides is 2. The number of anilines is 2. The molecule has 2 amide bonds. The molecule has 0 saturated carbocycles. The molecule has 9 heteroatoms. The van der Waals surface area contributed by atoms with Gasteiger partial charge in [-0.3, -0.25) is 9.59 Å². The zero-order valence-electron chi connectivity index (χ0n) is 18.6. The van der Waals surface area contributed by atoms with E-state index >= 15 is 0 Å². The Bertz CT molecular complexity index is 1140. The van der Waals surface area contributed by atoms with Crippen LogP contribution in [-0.4, -0.2) is 50.7 Å². The van der Waals surface area contributed by atoms with Crippen molar-refractivity contribution in [2.45, 2.75) is 43.4 Å². The molecule has 0 unspecified atom stereocenters. The number of piperidine rings is 2. The summed E-state index contributed by atoms with van der Waals surface area (Å²) in [6.07, 6.45) is 5.84. The summed E-state index contributed by atoms with van der Waals surface area (Å²) in [6, 6.07) is 11.3. The van der Waals surface area contributed by atoms with Crippen LogP contribution in [0.15, 0.2) is 47.4 Å². The summed E-state index contributed by atoms with van der Waals surface area (Å²) < 4.78 is 28.8. The van der Waals surface area contributed by atoms with E-state index in [4.69, 9.17) is 5.73 Å². The van der Waals surface area contributed by atoms with E-state index in [1.54, 1.807) is 30.3 Å². The second kappa shape index (κ2) is 9.93. The van der Waals surface area contributed by atoms with E-state index in [1.165, 1.54) is 16.4 Å². The van der Waals surface area contributed by atoms with Crippen LogP contribution in [-0.2, 0) is 10.0 Å². The highest BCUT2D eigenvalue weighted by molar-refractivity contribution is 7.89. The standard InChI is InChI=1S/C24H30N4O4S/c25-23(29)19-9-3-4-10-20(19)26-24(30)18-11-12-21(27-13-5-1-6-14-27)22(17-18)33(31,32)28-15-7-2-8-16-28/h3-4,9-12,17H,1-2,5-8,13-16H2,(H2,25,29)(H,26,30). The lowest BCUT2D eigenvalue weighted by Gasteiger charge is -2.33. The zero-order chi connectivity index (χ0) is 23.4. The first-order chi connectivity index (χ1) is 15.9. The highest BCUT2D eigenvalue weighted by Crippen LogP contribution is 2.32. The van der Waals surface area contributed by atoms with Crippen molar-refractivity contribution in [3.05, 3.63) is 53.6 Å². The van der Waals surface area contributed by atoms with Gasteiger partial charge in [-0.15, -0.1) is 0 Å². The van der Waals surface area contributed by atoms with E-state index in [9.17, 15) is 18.0 Å². The Morgan fingerprint density at radius 1 is 0.848 bits per heavy atom. The van der Waals surface area contributed by atoms with Crippen LogP contribution in [0.1, 0.15) is 59.2 Å². The number of hydrogen-bond acceptors (Lipinski definition) is 5. The quantitative estimate of drug-likeness (QED) is 0.673. The number of para-hydroxylation sites is 1. The Kier molecular flexibility index (Phi) is 6.99. The van der Waals surface area contributed by atoms with E-state index in [1.807, 2.05) is 0 Å². The predicted molar refractivity (Wildman–Crippen MR) is 128 cm³/mol. The molecule has 0 aromatic heterocycles. The van der Waals surface area contributed by atoms with Crippen LogP contribution in [0, 0.1) is 0 Å². The predicted octanol–water partition coefficient (Wildman–Crippen LogP) is 3.20. The third-order valence-electron chi connectivity index (χ3n) is 6.29. The van der Waals surface area contributed by atoms with Crippen molar-refractivity contribution in [2.24, 2.45) is 5.73 Å². The fraction of sp³-hybridized carbons (Fsp3) is 0.417. The Balaban J connectivity index is 1.71. The molecule has 2 saturated heterocycles. The largest absolute Gasteiger partial charge is 0.370 e. The average Bonchev–Trinajstić information content (AvgIpc) is 2.85. The molecule has 176 valence electrons. The van der Waals surface area contributed by atoms with Crippen LogP contribution < -0.4 is 16.0 Å². The van der Waals surface area contributed by atoms with E-state index < -0.39 is 21.8 Å². The van der Waals surface area contributed by atoms with Crippen molar-refractivity contribution < 1.29 is 18.0 Å². The molecule has 2 aliphatic heterocycles. The molecule has 0 spiro atoms. The highest BCUT2D eigenvalue weighted by Gasteiger charge is 2.31. The van der Waals surface area contributed by atoms with Crippen molar-refractivity contribution in [2.75, 3.05) is 36.4 Å². The summed E-state index contributed by atoms with van der Waals surface area (Å²) in [5, 5.41) is 2.70. The fourth-order valence-corrected chi connectivity index (χ4v) is 6.26. The number of primary amides is 1. The molecule has 33 heavy (non-hydrogen) atoms. The molecular formula is C24H30N4O4S. The maximum atomic E-state index is 13.6. The van der Waals surface area contributed by atoms with Gasteiger partial charge in [-0.1, -0.05) is 18.6 Å². The molecule has 0 atom stereocenters. The Morgan fingerprint density at radius 3 is 2.15 bits per heavy atom. The minimum absolute atomic E-state index is 0.169. The monoisotopic (exact) mass is 470 g/mol. The lowest BCUT2D eigenvalue weighted by atomic mass is 10.1. The van der Waals surface area contributed by atoms with Crippen LogP contribution in [0.4, 0.5) is 11.4 Å². The number of carbonyl (C=O) groups excluding carboxylic acids is 2. The fourth-order valence-electron chi connectivity index (χ4n) is 4.50. The molecular weight excluding hydrogens is 440 g/mol. The number of nitrogens with one attached hydrogen (secondary N) is 1. The van der Waals surface area contributed by atoms with E-state index in [0.29, 0.717) is 18.8 Å². The SMILES string of the molecule is NC(=O)c1ccccc1NC(=O)c1ccc(N2CCCCC2)c(S(=O)(=O)N2CCCCC2)c1. The molecule has 2 heterocycles. The van der Waals surface area contributed by atoms with Gasteiger partial charge in [0.2, 0.25) is 10.0 Å². The summed E-state index contributed by atoms with van der Waals surface area (Å²) in [6.45, 7) is 2.56. The Morgan fingerprint density at radius 2 is 1.48 bits per heavy atom. The van der Waals surface area contributed by atoms with Crippen molar-refractivity contribution in [1.29, 1.82) is 0 Å². The summed E-state index contributed by atoms with van der Waals surface area (Å²) in [5.74, 6) is -1.15. The van der Waals surface area contributed by atoms with E-state index in [2.05, 4.69) is 10.2 Å². The van der Waals surface area contributed by atoms with Gasteiger partial charge in [0, 0.05) is 31.7 Å². The van der Waals surface area contributed by atoms with Gasteiger partial charge in [-0.2, -0.15) is 4.31 Å². The normalized spacial score (nSPS) is 17.5. The lowest BCUT2D eigenvalue weighted by Crippen LogP contribution is -2.37. The minimum Gasteiger partial charge on any atom is -0.370 e. The first kappa shape index (κ1) is 23.3. The van der Waals surface area contributed by atoms with Crippen molar-refractivity contribution in [3.8, 4) is 0 Å². The third-order valence-corrected chi connectivity index (χ3v) is 8.22. The Hall–Kier alpha value is -2.91. The summed E-state index contributed by atoms with van der Waals surface area (Å²) >= 11 is 0. The van der Waals surface area contributed by atoms with Gasteiger partial charge in [0.05, 0.1) is 16.9 Å². The Labute approximate surface area is 194 Å². The highest BCUT2D eigenvalue weighted by atomic mass is 32.2. The second-order valence-corrected chi connectivity index (χ2v) is 10.5. The minimum atomic E-state index is -3.75. The molecule has 8 nitrogen and oxygen atoms in total. The number of hydrogen-bond donors (Lipinski definition) is 2. The molecule has 2 fully saturated rings. The van der Waals surface area contributed by atoms with Crippen molar-refractivity contribution in [1.82, 2.24) is 4.31 Å². The molecule has 0 radical (unpaired) electrons. The molecule has 0 bridgehead atoms. The number of nitrogens with two attached hydrogens (primary N) is 1.